The second kappa shape index (κ2) is 6.83. The highest BCUT2D eigenvalue weighted by molar-refractivity contribution is 6.35. The van der Waals surface area contributed by atoms with E-state index < -0.39 is 0 Å². The highest BCUT2D eigenvalue weighted by Gasteiger charge is 2.05. The van der Waals surface area contributed by atoms with Gasteiger partial charge in [-0.15, -0.1) is 0 Å². The van der Waals surface area contributed by atoms with Gasteiger partial charge >= 0.3 is 0 Å². The summed E-state index contributed by atoms with van der Waals surface area (Å²) >= 11 is 12.0. The number of rotatable bonds is 5. The van der Waals surface area contributed by atoms with Crippen molar-refractivity contribution >= 4 is 40.4 Å². The number of benzene rings is 2. The fourth-order valence-electron chi connectivity index (χ4n) is 2.06. The Morgan fingerprint density at radius 3 is 2.57 bits per heavy atom. The van der Waals surface area contributed by atoms with Gasteiger partial charge in [0, 0.05) is 33.5 Å². The molecule has 2 rings (SSSR count). The maximum atomic E-state index is 11.3. The van der Waals surface area contributed by atoms with Crippen molar-refractivity contribution in [3.8, 4) is 0 Å². The van der Waals surface area contributed by atoms with Crippen LogP contribution < -0.4 is 11.1 Å². The van der Waals surface area contributed by atoms with Crippen LogP contribution in [0.25, 0.3) is 0 Å². The molecule has 0 spiro atoms. The zero-order valence-corrected chi connectivity index (χ0v) is 13.1. The van der Waals surface area contributed by atoms with Crippen molar-refractivity contribution in [2.45, 2.75) is 13.3 Å². The molecule has 0 saturated carbocycles. The second-order valence-electron chi connectivity index (χ2n) is 4.77. The molecule has 2 aromatic carbocycles. The van der Waals surface area contributed by atoms with E-state index in [0.29, 0.717) is 27.8 Å². The molecule has 5 heteroatoms. The Labute approximate surface area is 134 Å². The summed E-state index contributed by atoms with van der Waals surface area (Å²) < 4.78 is 0. The summed E-state index contributed by atoms with van der Waals surface area (Å²) in [6.07, 6.45) is 0.768. The summed E-state index contributed by atoms with van der Waals surface area (Å²) in [5.74, 6) is -0.0352. The number of nitrogens with two attached hydrogens (primary N) is 1. The first-order valence-electron chi connectivity index (χ1n) is 6.55. The third-order valence-electron chi connectivity index (χ3n) is 3.17. The first kappa shape index (κ1) is 15.7. The number of nitrogen functional groups attached to an aromatic ring is 1. The molecule has 0 fully saturated rings. The average molecular weight is 323 g/mol. The second-order valence-corrected chi connectivity index (χ2v) is 5.61. The fraction of sp³-hybridized carbons (Fsp3) is 0.188. The number of halogens is 2. The van der Waals surface area contributed by atoms with E-state index in [1.54, 1.807) is 18.2 Å². The van der Waals surface area contributed by atoms with Crippen LogP contribution >= 0.6 is 23.2 Å². The molecule has 0 heterocycles. The third kappa shape index (κ3) is 4.13. The molecule has 3 N–H and O–H groups in total. The molecule has 0 aromatic heterocycles. The molecule has 110 valence electrons. The van der Waals surface area contributed by atoms with Gasteiger partial charge in [-0.3, -0.25) is 4.79 Å². The van der Waals surface area contributed by atoms with E-state index >= 15 is 0 Å². The Bertz CT molecular complexity index is 671. The molecular formula is C16H16Cl2N2O. The Kier molecular flexibility index (Phi) is 5.10. The molecule has 0 saturated heterocycles. The summed E-state index contributed by atoms with van der Waals surface area (Å²) in [4.78, 5) is 11.3. The van der Waals surface area contributed by atoms with Crippen molar-refractivity contribution in [3.05, 3.63) is 57.6 Å². The van der Waals surface area contributed by atoms with E-state index in [2.05, 4.69) is 5.32 Å². The zero-order valence-electron chi connectivity index (χ0n) is 11.6. The zero-order chi connectivity index (χ0) is 15.4. The van der Waals surface area contributed by atoms with E-state index in [1.807, 2.05) is 18.2 Å². The van der Waals surface area contributed by atoms with Crippen LogP contribution in [0.2, 0.25) is 10.0 Å². The van der Waals surface area contributed by atoms with Crippen LogP contribution in [0.5, 0.6) is 0 Å². The lowest BCUT2D eigenvalue weighted by Crippen LogP contribution is -2.07. The van der Waals surface area contributed by atoms with Crippen LogP contribution in [0.4, 0.5) is 11.4 Å². The van der Waals surface area contributed by atoms with Crippen molar-refractivity contribution in [1.29, 1.82) is 0 Å². The van der Waals surface area contributed by atoms with Gasteiger partial charge in [-0.1, -0.05) is 29.3 Å². The van der Waals surface area contributed by atoms with Gasteiger partial charge in [0.05, 0.1) is 0 Å². The minimum Gasteiger partial charge on any atom is -0.398 e. The van der Waals surface area contributed by atoms with Crippen LogP contribution in [0.3, 0.4) is 0 Å². The lowest BCUT2D eigenvalue weighted by molar-refractivity contribution is 0.101. The topological polar surface area (TPSA) is 55.1 Å². The molecule has 2 aromatic rings. The number of hydrogen-bond donors (Lipinski definition) is 2. The summed E-state index contributed by atoms with van der Waals surface area (Å²) in [6, 6.07) is 10.8. The largest absolute Gasteiger partial charge is 0.398 e. The van der Waals surface area contributed by atoms with Crippen LogP contribution in [-0.4, -0.2) is 12.3 Å². The normalized spacial score (nSPS) is 10.4. The number of carbonyl (C=O) groups excluding carboxylic acids is 1. The van der Waals surface area contributed by atoms with Crippen molar-refractivity contribution in [2.24, 2.45) is 0 Å². The van der Waals surface area contributed by atoms with Gasteiger partial charge in [-0.25, -0.2) is 0 Å². The first-order chi connectivity index (χ1) is 9.97. The molecular weight excluding hydrogens is 307 g/mol. The number of carbonyl (C=O) groups is 1. The summed E-state index contributed by atoms with van der Waals surface area (Å²) in [6.45, 7) is 2.21. The van der Waals surface area contributed by atoms with Crippen LogP contribution in [0.1, 0.15) is 22.8 Å². The molecule has 0 bridgehead atoms. The first-order valence-corrected chi connectivity index (χ1v) is 7.31. The molecule has 0 radical (unpaired) electrons. The smallest absolute Gasteiger partial charge is 0.161 e. The number of Topliss-reactive ketones (excluding diaryl/α,β-unsaturated/α-hetero) is 1. The SMILES string of the molecule is CC(=O)c1ccc(NCCc2ccc(Cl)cc2Cl)cc1N. The lowest BCUT2D eigenvalue weighted by atomic mass is 10.1. The molecule has 0 amide bonds. The molecule has 0 unspecified atom stereocenters. The lowest BCUT2D eigenvalue weighted by Gasteiger charge is -2.10. The van der Waals surface area contributed by atoms with Crippen LogP contribution in [0, 0.1) is 0 Å². The summed E-state index contributed by atoms with van der Waals surface area (Å²) in [7, 11) is 0. The highest BCUT2D eigenvalue weighted by Crippen LogP contribution is 2.22. The monoisotopic (exact) mass is 322 g/mol. The van der Waals surface area contributed by atoms with Gasteiger partial charge in [0.1, 0.15) is 0 Å². The predicted octanol–water partition coefficient (Wildman–Crippen LogP) is 4.43. The Morgan fingerprint density at radius 1 is 1.19 bits per heavy atom. The van der Waals surface area contributed by atoms with E-state index in [-0.39, 0.29) is 5.78 Å². The van der Waals surface area contributed by atoms with E-state index in [0.717, 1.165) is 17.7 Å². The molecule has 3 nitrogen and oxygen atoms in total. The molecule has 0 aliphatic carbocycles. The average Bonchev–Trinajstić information content (AvgIpc) is 2.41. The molecule has 0 aliphatic heterocycles. The number of nitrogens with one attached hydrogen (secondary N) is 1. The Hall–Kier alpha value is -1.71. The van der Waals surface area contributed by atoms with E-state index in [9.17, 15) is 4.79 Å². The predicted molar refractivity (Wildman–Crippen MR) is 89.5 cm³/mol. The van der Waals surface area contributed by atoms with Gasteiger partial charge in [0.15, 0.2) is 5.78 Å². The van der Waals surface area contributed by atoms with Crippen molar-refractivity contribution in [3.63, 3.8) is 0 Å². The Morgan fingerprint density at radius 2 is 1.95 bits per heavy atom. The quantitative estimate of drug-likeness (QED) is 0.632. The Balaban J connectivity index is 1.97. The molecule has 21 heavy (non-hydrogen) atoms. The minimum absolute atomic E-state index is 0.0352. The maximum absolute atomic E-state index is 11.3. The number of anilines is 2. The minimum atomic E-state index is -0.0352. The van der Waals surface area contributed by atoms with Crippen molar-refractivity contribution < 1.29 is 4.79 Å². The van der Waals surface area contributed by atoms with E-state index in [1.165, 1.54) is 6.92 Å². The van der Waals surface area contributed by atoms with Gasteiger partial charge < -0.3 is 11.1 Å². The highest BCUT2D eigenvalue weighted by atomic mass is 35.5. The van der Waals surface area contributed by atoms with E-state index in [4.69, 9.17) is 28.9 Å². The van der Waals surface area contributed by atoms with Crippen molar-refractivity contribution in [1.82, 2.24) is 0 Å². The summed E-state index contributed by atoms with van der Waals surface area (Å²) in [5, 5.41) is 4.55. The number of ketones is 1. The van der Waals surface area contributed by atoms with Crippen LogP contribution in [0.15, 0.2) is 36.4 Å². The molecule has 0 aliphatic rings. The maximum Gasteiger partial charge on any atom is 0.161 e. The fourth-order valence-corrected chi connectivity index (χ4v) is 2.56. The van der Waals surface area contributed by atoms with Crippen molar-refractivity contribution in [2.75, 3.05) is 17.6 Å². The molecule has 0 atom stereocenters. The van der Waals surface area contributed by atoms with Gasteiger partial charge in [0.25, 0.3) is 0 Å². The van der Waals surface area contributed by atoms with Crippen LogP contribution in [-0.2, 0) is 6.42 Å². The standard InChI is InChI=1S/C16H16Cl2N2O/c1-10(21)14-5-4-13(9-16(14)19)20-7-6-11-2-3-12(17)8-15(11)18/h2-5,8-9,20H,6-7,19H2,1H3. The van der Waals surface area contributed by atoms with Gasteiger partial charge in [-0.05, 0) is 49.2 Å². The van der Waals surface area contributed by atoms with Gasteiger partial charge in [-0.2, -0.15) is 0 Å². The number of hydrogen-bond acceptors (Lipinski definition) is 3. The third-order valence-corrected chi connectivity index (χ3v) is 3.76. The van der Waals surface area contributed by atoms with Gasteiger partial charge in [0.2, 0.25) is 0 Å². The summed E-state index contributed by atoms with van der Waals surface area (Å²) in [5.41, 5.74) is 8.78.